The molecule has 0 bridgehead atoms. The maximum absolute atomic E-state index is 12.8. The van der Waals surface area contributed by atoms with Crippen LogP contribution in [0.1, 0.15) is 22.9 Å². The number of amides is 1. The number of rotatable bonds is 8. The molecule has 7 nitrogen and oxygen atoms in total. The summed E-state index contributed by atoms with van der Waals surface area (Å²) in [6, 6.07) is 11.2. The number of thiophene rings is 1. The minimum Gasteiger partial charge on any atom is -0.467 e. The number of hydrogen-bond acceptors (Lipinski definition) is 7. The van der Waals surface area contributed by atoms with Crippen LogP contribution in [-0.4, -0.2) is 20.9 Å². The molecule has 0 unspecified atom stereocenters. The van der Waals surface area contributed by atoms with Crippen molar-refractivity contribution in [1.29, 1.82) is 0 Å². The van der Waals surface area contributed by atoms with Gasteiger partial charge in [-0.05, 0) is 35.7 Å². The fourth-order valence-corrected chi connectivity index (χ4v) is 3.37. The highest BCUT2D eigenvalue weighted by Crippen LogP contribution is 2.18. The van der Waals surface area contributed by atoms with Gasteiger partial charge in [0.25, 0.3) is 0 Å². The maximum atomic E-state index is 12.8. The molecule has 4 aromatic rings. The Morgan fingerprint density at radius 2 is 1.96 bits per heavy atom. The van der Waals surface area contributed by atoms with Gasteiger partial charge in [0.1, 0.15) is 5.76 Å². The largest absolute Gasteiger partial charge is 0.467 e. The van der Waals surface area contributed by atoms with Gasteiger partial charge in [-0.15, -0.1) is 11.3 Å². The molecule has 0 aliphatic heterocycles. The Hall–Kier alpha value is -3.13. The van der Waals surface area contributed by atoms with Crippen LogP contribution in [0.15, 0.2) is 67.7 Å². The maximum Gasteiger partial charge on any atom is 0.238 e. The van der Waals surface area contributed by atoms with Gasteiger partial charge < -0.3 is 18.3 Å². The van der Waals surface area contributed by atoms with Crippen LogP contribution >= 0.6 is 11.3 Å². The fraction of sp³-hybridized carbons (Fsp3) is 0.211. The molecule has 0 aliphatic rings. The van der Waals surface area contributed by atoms with Crippen LogP contribution in [0.3, 0.4) is 0 Å². The number of aryl methyl sites for hydroxylation is 1. The van der Waals surface area contributed by atoms with E-state index in [1.807, 2.05) is 29.6 Å². The molecule has 0 aliphatic carbocycles. The summed E-state index contributed by atoms with van der Waals surface area (Å²) in [6.45, 7) is 0.962. The molecule has 0 N–H and O–H groups in total. The van der Waals surface area contributed by atoms with Crippen molar-refractivity contribution in [3.63, 3.8) is 0 Å². The summed E-state index contributed by atoms with van der Waals surface area (Å²) < 4.78 is 15.9. The molecule has 4 aromatic heterocycles. The zero-order chi connectivity index (χ0) is 18.5. The third-order valence-electron chi connectivity index (χ3n) is 3.97. The van der Waals surface area contributed by atoms with Crippen molar-refractivity contribution >= 4 is 17.2 Å². The standard InChI is InChI=1S/C19H17N3O4S/c23-18(8-7-17-20-19(21-26-17)16-6-2-10-25-16)22(12-14-4-1-9-24-14)13-15-5-3-11-27-15/h1-6,9-11H,7-8,12-13H2. The molecule has 0 saturated heterocycles. The third kappa shape index (κ3) is 4.35. The molecule has 0 fully saturated rings. The monoisotopic (exact) mass is 383 g/mol. The molecule has 4 rings (SSSR count). The molecule has 0 spiro atoms. The zero-order valence-electron chi connectivity index (χ0n) is 14.4. The first-order valence-electron chi connectivity index (χ1n) is 8.47. The first kappa shape index (κ1) is 17.3. The van der Waals surface area contributed by atoms with Gasteiger partial charge in [0, 0.05) is 17.7 Å². The predicted molar refractivity (Wildman–Crippen MR) is 97.6 cm³/mol. The Balaban J connectivity index is 1.40. The quantitative estimate of drug-likeness (QED) is 0.454. The van der Waals surface area contributed by atoms with Gasteiger partial charge in [0.15, 0.2) is 5.76 Å². The van der Waals surface area contributed by atoms with Gasteiger partial charge in [0.2, 0.25) is 17.6 Å². The van der Waals surface area contributed by atoms with E-state index in [0.717, 1.165) is 10.6 Å². The lowest BCUT2D eigenvalue weighted by molar-refractivity contribution is -0.132. The molecule has 1 amide bonds. The Morgan fingerprint density at radius 1 is 1.07 bits per heavy atom. The number of hydrogen-bond donors (Lipinski definition) is 0. The lowest BCUT2D eigenvalue weighted by Gasteiger charge is -2.20. The number of carbonyl (C=O) groups excluding carboxylic acids is 1. The molecule has 8 heteroatoms. The second-order valence-corrected chi connectivity index (χ2v) is 6.93. The number of nitrogens with zero attached hydrogens (tertiary/aromatic N) is 3. The van der Waals surface area contributed by atoms with E-state index in [9.17, 15) is 4.79 Å². The predicted octanol–water partition coefficient (Wildman–Crippen LogP) is 4.15. The van der Waals surface area contributed by atoms with E-state index in [2.05, 4.69) is 10.1 Å². The molecular formula is C19H17N3O4S. The summed E-state index contributed by atoms with van der Waals surface area (Å²) in [5.41, 5.74) is 0. The number of furan rings is 2. The van der Waals surface area contributed by atoms with Gasteiger partial charge in [-0.2, -0.15) is 4.98 Å². The van der Waals surface area contributed by atoms with Crippen LogP contribution in [-0.2, 0) is 24.3 Å². The van der Waals surface area contributed by atoms with E-state index in [1.165, 1.54) is 0 Å². The zero-order valence-corrected chi connectivity index (χ0v) is 15.2. The smallest absolute Gasteiger partial charge is 0.238 e. The average molecular weight is 383 g/mol. The fourth-order valence-electron chi connectivity index (χ4n) is 2.65. The summed E-state index contributed by atoms with van der Waals surface area (Å²) in [6.07, 6.45) is 3.79. The number of carbonyl (C=O) groups is 1. The van der Waals surface area contributed by atoms with Gasteiger partial charge in [0.05, 0.1) is 25.6 Å². The van der Waals surface area contributed by atoms with E-state index in [1.54, 1.807) is 40.9 Å². The van der Waals surface area contributed by atoms with Crippen molar-refractivity contribution in [3.8, 4) is 11.6 Å². The van der Waals surface area contributed by atoms with Crippen molar-refractivity contribution < 1.29 is 18.2 Å². The Bertz CT molecular complexity index is 923. The van der Waals surface area contributed by atoms with Crippen LogP contribution in [0.25, 0.3) is 11.6 Å². The van der Waals surface area contributed by atoms with E-state index < -0.39 is 0 Å². The second kappa shape index (κ2) is 8.05. The summed E-state index contributed by atoms with van der Waals surface area (Å²) in [7, 11) is 0. The highest BCUT2D eigenvalue weighted by Gasteiger charge is 2.18. The lowest BCUT2D eigenvalue weighted by Crippen LogP contribution is -2.29. The average Bonchev–Trinajstić information content (AvgIpc) is 3.48. The van der Waals surface area contributed by atoms with Crippen LogP contribution < -0.4 is 0 Å². The molecule has 0 atom stereocenters. The van der Waals surface area contributed by atoms with Crippen LogP contribution in [0.5, 0.6) is 0 Å². The van der Waals surface area contributed by atoms with Gasteiger partial charge in [-0.25, -0.2) is 0 Å². The molecule has 0 aromatic carbocycles. The molecule has 27 heavy (non-hydrogen) atoms. The van der Waals surface area contributed by atoms with Crippen molar-refractivity contribution in [1.82, 2.24) is 15.0 Å². The summed E-state index contributed by atoms with van der Waals surface area (Å²) in [5.74, 6) is 2.07. The molecule has 138 valence electrons. The summed E-state index contributed by atoms with van der Waals surface area (Å²) in [5, 5.41) is 5.88. The van der Waals surface area contributed by atoms with E-state index in [4.69, 9.17) is 13.4 Å². The van der Waals surface area contributed by atoms with Crippen molar-refractivity contribution in [2.45, 2.75) is 25.9 Å². The molecule has 4 heterocycles. The second-order valence-electron chi connectivity index (χ2n) is 5.90. The van der Waals surface area contributed by atoms with Crippen LogP contribution in [0.2, 0.25) is 0 Å². The molecular weight excluding hydrogens is 366 g/mol. The van der Waals surface area contributed by atoms with Gasteiger partial charge in [-0.1, -0.05) is 11.2 Å². The molecule has 0 radical (unpaired) electrons. The summed E-state index contributed by atoms with van der Waals surface area (Å²) in [4.78, 5) is 20.0. The van der Waals surface area contributed by atoms with E-state index in [-0.39, 0.29) is 12.3 Å². The Labute approximate surface area is 159 Å². The van der Waals surface area contributed by atoms with Crippen LogP contribution in [0, 0.1) is 0 Å². The first-order valence-corrected chi connectivity index (χ1v) is 9.35. The SMILES string of the molecule is O=C(CCc1nc(-c2ccco2)no1)N(Cc1ccco1)Cc1cccs1. The minimum absolute atomic E-state index is 0.00227. The van der Waals surface area contributed by atoms with Crippen molar-refractivity contribution in [2.75, 3.05) is 0 Å². The topological polar surface area (TPSA) is 85.5 Å². The summed E-state index contributed by atoms with van der Waals surface area (Å²) >= 11 is 1.62. The highest BCUT2D eigenvalue weighted by molar-refractivity contribution is 7.09. The van der Waals surface area contributed by atoms with E-state index in [0.29, 0.717) is 37.0 Å². The van der Waals surface area contributed by atoms with Crippen molar-refractivity contribution in [3.05, 3.63) is 70.8 Å². The normalized spacial score (nSPS) is 11.0. The van der Waals surface area contributed by atoms with Gasteiger partial charge in [-0.3, -0.25) is 4.79 Å². The third-order valence-corrected chi connectivity index (χ3v) is 4.83. The number of aromatic nitrogens is 2. The van der Waals surface area contributed by atoms with Crippen LogP contribution in [0.4, 0.5) is 0 Å². The van der Waals surface area contributed by atoms with E-state index >= 15 is 0 Å². The first-order chi connectivity index (χ1) is 13.3. The Kier molecular flexibility index (Phi) is 5.15. The minimum atomic E-state index is -0.00227. The van der Waals surface area contributed by atoms with Gasteiger partial charge >= 0.3 is 0 Å². The highest BCUT2D eigenvalue weighted by atomic mass is 32.1. The Morgan fingerprint density at radius 3 is 2.70 bits per heavy atom. The lowest BCUT2D eigenvalue weighted by atomic mass is 10.2. The molecule has 0 saturated carbocycles. The van der Waals surface area contributed by atoms with Crippen molar-refractivity contribution in [2.24, 2.45) is 0 Å².